The number of para-hydroxylation sites is 1. The first kappa shape index (κ1) is 19.7. The Morgan fingerprint density at radius 3 is 2.76 bits per heavy atom. The summed E-state index contributed by atoms with van der Waals surface area (Å²) in [5, 5.41) is 7.53. The van der Waals surface area contributed by atoms with E-state index in [2.05, 4.69) is 21.3 Å². The van der Waals surface area contributed by atoms with Gasteiger partial charge in [-0.05, 0) is 44.0 Å². The molecule has 2 saturated heterocycles. The van der Waals surface area contributed by atoms with Gasteiger partial charge in [-0.25, -0.2) is 4.63 Å². The Kier molecular flexibility index (Phi) is 5.45. The van der Waals surface area contributed by atoms with Crippen LogP contribution >= 0.6 is 0 Å². The third-order valence-electron chi connectivity index (χ3n) is 6.20. The number of aromatic nitrogens is 2. The second-order valence-electron chi connectivity index (χ2n) is 8.14. The summed E-state index contributed by atoms with van der Waals surface area (Å²) in [6.07, 6.45) is 3.27. The number of amides is 1. The van der Waals surface area contributed by atoms with E-state index in [0.717, 1.165) is 69.0 Å². The number of rotatable bonds is 5. The molecule has 156 valence electrons. The molecule has 8 nitrogen and oxygen atoms in total. The fraction of sp³-hybridized carbons (Fsp3) is 0.571. The van der Waals surface area contributed by atoms with Crippen LogP contribution in [0.15, 0.2) is 22.8 Å². The molecular formula is C21H28N4O4. The first-order valence-corrected chi connectivity index (χ1v) is 10.1. The maximum absolute atomic E-state index is 12.8. The van der Waals surface area contributed by atoms with Crippen LogP contribution in [0.5, 0.6) is 11.5 Å². The zero-order chi connectivity index (χ0) is 20.4. The van der Waals surface area contributed by atoms with Crippen LogP contribution in [0.3, 0.4) is 0 Å². The van der Waals surface area contributed by atoms with E-state index in [1.165, 1.54) is 0 Å². The largest absolute Gasteiger partial charge is 0.493 e. The van der Waals surface area contributed by atoms with E-state index >= 15 is 0 Å². The molecule has 0 radical (unpaired) electrons. The minimum atomic E-state index is -0.0767. The molecule has 4 rings (SSSR count). The maximum Gasteiger partial charge on any atom is 0.278 e. The lowest BCUT2D eigenvalue weighted by Crippen LogP contribution is -2.45. The first-order chi connectivity index (χ1) is 14.0. The highest BCUT2D eigenvalue weighted by Gasteiger charge is 2.43. The highest BCUT2D eigenvalue weighted by molar-refractivity contribution is 5.93. The summed E-state index contributed by atoms with van der Waals surface area (Å²) in [6.45, 7) is 6.07. The second-order valence-corrected chi connectivity index (χ2v) is 8.14. The zero-order valence-electron chi connectivity index (χ0n) is 17.3. The number of benzene rings is 1. The molecule has 8 heteroatoms. The predicted molar refractivity (Wildman–Crippen MR) is 106 cm³/mol. The van der Waals surface area contributed by atoms with Gasteiger partial charge in [-0.3, -0.25) is 9.69 Å². The lowest BCUT2D eigenvalue weighted by atomic mass is 9.79. The van der Waals surface area contributed by atoms with Gasteiger partial charge >= 0.3 is 0 Å². The van der Waals surface area contributed by atoms with Crippen molar-refractivity contribution in [3.63, 3.8) is 0 Å². The summed E-state index contributed by atoms with van der Waals surface area (Å²) in [5.74, 6) is 1.48. The number of likely N-dealkylation sites (tertiary alicyclic amines) is 2. The number of hydrogen-bond acceptors (Lipinski definition) is 7. The van der Waals surface area contributed by atoms with Crippen LogP contribution in [0.4, 0.5) is 0 Å². The number of methoxy groups -OCH3 is 2. The fourth-order valence-electron chi connectivity index (χ4n) is 4.78. The number of ether oxygens (including phenoxy) is 2. The molecule has 1 spiro atoms. The van der Waals surface area contributed by atoms with Gasteiger partial charge in [0.1, 0.15) is 5.69 Å². The Morgan fingerprint density at radius 2 is 2.03 bits per heavy atom. The summed E-state index contributed by atoms with van der Waals surface area (Å²) in [6, 6.07) is 6.01. The summed E-state index contributed by atoms with van der Waals surface area (Å²) in [4.78, 5) is 17.2. The van der Waals surface area contributed by atoms with Gasteiger partial charge in [0, 0.05) is 37.2 Å². The van der Waals surface area contributed by atoms with E-state index in [4.69, 9.17) is 14.1 Å². The first-order valence-electron chi connectivity index (χ1n) is 10.1. The van der Waals surface area contributed by atoms with Crippen LogP contribution in [0, 0.1) is 12.3 Å². The van der Waals surface area contributed by atoms with Crippen LogP contribution < -0.4 is 9.47 Å². The van der Waals surface area contributed by atoms with Crippen molar-refractivity contribution in [2.75, 3.05) is 40.4 Å². The number of piperidine rings is 1. The third-order valence-corrected chi connectivity index (χ3v) is 6.20. The van der Waals surface area contributed by atoms with Crippen LogP contribution in [0.2, 0.25) is 0 Å². The van der Waals surface area contributed by atoms with Crippen molar-refractivity contribution in [2.24, 2.45) is 5.41 Å². The van der Waals surface area contributed by atoms with E-state index in [-0.39, 0.29) is 11.3 Å². The molecule has 0 N–H and O–H groups in total. The Labute approximate surface area is 170 Å². The summed E-state index contributed by atoms with van der Waals surface area (Å²) in [7, 11) is 3.34. The highest BCUT2D eigenvalue weighted by atomic mass is 16.6. The maximum atomic E-state index is 12.8. The Bertz CT molecular complexity index is 883. The molecule has 0 aliphatic carbocycles. The van der Waals surface area contributed by atoms with E-state index in [9.17, 15) is 4.79 Å². The van der Waals surface area contributed by atoms with E-state index in [0.29, 0.717) is 11.4 Å². The second kappa shape index (κ2) is 8.02. The van der Waals surface area contributed by atoms with Gasteiger partial charge in [0.15, 0.2) is 17.2 Å². The molecule has 1 aromatic carbocycles. The van der Waals surface area contributed by atoms with Gasteiger partial charge in [0.05, 0.1) is 14.2 Å². The molecule has 0 bridgehead atoms. The smallest absolute Gasteiger partial charge is 0.278 e. The lowest BCUT2D eigenvalue weighted by molar-refractivity contribution is 0.0665. The van der Waals surface area contributed by atoms with Crippen molar-refractivity contribution in [2.45, 2.75) is 32.7 Å². The number of aryl methyl sites for hydroxylation is 1. The molecule has 1 atom stereocenters. The molecular weight excluding hydrogens is 372 g/mol. The van der Waals surface area contributed by atoms with Crippen molar-refractivity contribution < 1.29 is 18.9 Å². The van der Waals surface area contributed by atoms with Crippen LogP contribution in [-0.4, -0.2) is 66.4 Å². The van der Waals surface area contributed by atoms with E-state index < -0.39 is 0 Å². The Morgan fingerprint density at radius 1 is 1.17 bits per heavy atom. The van der Waals surface area contributed by atoms with Crippen molar-refractivity contribution in [3.8, 4) is 11.5 Å². The topological polar surface area (TPSA) is 80.9 Å². The quantitative estimate of drug-likeness (QED) is 0.763. The number of nitrogens with zero attached hydrogens (tertiary/aromatic N) is 4. The number of carbonyl (C=O) groups is 1. The van der Waals surface area contributed by atoms with Gasteiger partial charge in [-0.1, -0.05) is 17.3 Å². The van der Waals surface area contributed by atoms with E-state index in [1.807, 2.05) is 17.0 Å². The normalized spacial score (nSPS) is 22.2. The van der Waals surface area contributed by atoms with Gasteiger partial charge in [-0.15, -0.1) is 0 Å². The SMILES string of the molecule is COc1cccc(CN2CCCC3(CCN(C(=O)c4nonc4C)C3)C2)c1OC. The standard InChI is InChI=1S/C21H28N4O4/c1-15-18(23-29-22-15)20(26)25-11-9-21(14-25)8-5-10-24(13-21)12-16-6-4-7-17(27-2)19(16)28-3/h4,6-7H,5,8-14H2,1-3H3. The van der Waals surface area contributed by atoms with Crippen molar-refractivity contribution >= 4 is 5.91 Å². The van der Waals surface area contributed by atoms with Gasteiger partial charge in [-0.2, -0.15) is 0 Å². The Hall–Kier alpha value is -2.61. The van der Waals surface area contributed by atoms with Gasteiger partial charge in [0.25, 0.3) is 5.91 Å². The van der Waals surface area contributed by atoms with Crippen molar-refractivity contribution in [1.82, 2.24) is 20.1 Å². The molecule has 2 aromatic rings. The summed E-state index contributed by atoms with van der Waals surface area (Å²) in [5.41, 5.74) is 2.13. The van der Waals surface area contributed by atoms with Crippen molar-refractivity contribution in [3.05, 3.63) is 35.2 Å². The predicted octanol–water partition coefficient (Wildman–Crippen LogP) is 2.52. The minimum absolute atomic E-state index is 0.0767. The third kappa shape index (κ3) is 3.81. The molecule has 1 amide bonds. The van der Waals surface area contributed by atoms with E-state index in [1.54, 1.807) is 21.1 Å². The minimum Gasteiger partial charge on any atom is -0.493 e. The van der Waals surface area contributed by atoms with Crippen LogP contribution in [0.25, 0.3) is 0 Å². The molecule has 29 heavy (non-hydrogen) atoms. The van der Waals surface area contributed by atoms with Crippen LogP contribution in [0.1, 0.15) is 41.0 Å². The Balaban J connectivity index is 1.45. The molecule has 3 heterocycles. The molecule has 0 saturated carbocycles. The summed E-state index contributed by atoms with van der Waals surface area (Å²) < 4.78 is 15.7. The lowest BCUT2D eigenvalue weighted by Gasteiger charge is -2.40. The highest BCUT2D eigenvalue weighted by Crippen LogP contribution is 2.40. The number of carbonyl (C=O) groups excluding carboxylic acids is 1. The van der Waals surface area contributed by atoms with Crippen molar-refractivity contribution in [1.29, 1.82) is 0 Å². The molecule has 1 unspecified atom stereocenters. The van der Waals surface area contributed by atoms with Gasteiger partial charge in [0.2, 0.25) is 0 Å². The van der Waals surface area contributed by atoms with Crippen LogP contribution in [-0.2, 0) is 6.54 Å². The zero-order valence-corrected chi connectivity index (χ0v) is 17.3. The van der Waals surface area contributed by atoms with Gasteiger partial charge < -0.3 is 14.4 Å². The molecule has 2 fully saturated rings. The molecule has 1 aromatic heterocycles. The summed E-state index contributed by atoms with van der Waals surface area (Å²) >= 11 is 0. The average Bonchev–Trinajstić information content (AvgIpc) is 3.34. The average molecular weight is 400 g/mol. The monoisotopic (exact) mass is 400 g/mol. The molecule has 2 aliphatic heterocycles. The fourth-order valence-corrected chi connectivity index (χ4v) is 4.78. The number of hydrogen-bond donors (Lipinski definition) is 0. The molecule has 2 aliphatic rings.